The van der Waals surface area contributed by atoms with Gasteiger partial charge in [0.25, 0.3) is 15.7 Å². The third-order valence-electron chi connectivity index (χ3n) is 4.31. The van der Waals surface area contributed by atoms with Gasteiger partial charge in [0.2, 0.25) is 0 Å². The number of hydrogen-bond donors (Lipinski definition) is 2. The van der Waals surface area contributed by atoms with E-state index in [4.69, 9.17) is 4.42 Å². The van der Waals surface area contributed by atoms with E-state index in [9.17, 15) is 18.5 Å². The molecule has 9 nitrogen and oxygen atoms in total. The van der Waals surface area contributed by atoms with Crippen molar-refractivity contribution in [3.05, 3.63) is 81.8 Å². The van der Waals surface area contributed by atoms with Crippen molar-refractivity contribution >= 4 is 32.8 Å². The van der Waals surface area contributed by atoms with Gasteiger partial charge < -0.3 is 4.42 Å². The SMILES string of the molecule is CC(=NNc1ccc([N+](=O)[O-])cc1S(=O)(=O)Nc1ccc(C)cc1C)c1ccco1. The Balaban J connectivity index is 2.01. The van der Waals surface area contributed by atoms with E-state index in [0.29, 0.717) is 17.2 Å². The fraction of sp³-hybridized carbons (Fsp3) is 0.150. The normalized spacial score (nSPS) is 11.9. The molecule has 0 saturated carbocycles. The predicted octanol–water partition coefficient (Wildman–Crippen LogP) is 4.44. The Bertz CT molecular complexity index is 1220. The number of sulfonamides is 1. The largest absolute Gasteiger partial charge is 0.463 e. The number of nitrogens with one attached hydrogen (secondary N) is 2. The maximum absolute atomic E-state index is 13.1. The van der Waals surface area contributed by atoms with E-state index in [1.54, 1.807) is 38.1 Å². The van der Waals surface area contributed by atoms with Gasteiger partial charge in [0.05, 0.1) is 22.6 Å². The summed E-state index contributed by atoms with van der Waals surface area (Å²) >= 11 is 0. The lowest BCUT2D eigenvalue weighted by molar-refractivity contribution is -0.385. The summed E-state index contributed by atoms with van der Waals surface area (Å²) in [6.45, 7) is 5.35. The molecule has 0 atom stereocenters. The van der Waals surface area contributed by atoms with Gasteiger partial charge in [-0.15, -0.1) is 0 Å². The second-order valence-corrected chi connectivity index (χ2v) is 8.30. The van der Waals surface area contributed by atoms with E-state index < -0.39 is 14.9 Å². The van der Waals surface area contributed by atoms with Crippen LogP contribution in [0.2, 0.25) is 0 Å². The monoisotopic (exact) mass is 428 g/mol. The Morgan fingerprint density at radius 3 is 2.47 bits per heavy atom. The first-order valence-electron chi connectivity index (χ1n) is 8.90. The summed E-state index contributed by atoms with van der Waals surface area (Å²) in [7, 11) is -4.15. The lowest BCUT2D eigenvalue weighted by atomic mass is 10.1. The van der Waals surface area contributed by atoms with Gasteiger partial charge in [0, 0.05) is 12.1 Å². The Hall–Kier alpha value is -3.66. The number of nitrogens with zero attached hydrogens (tertiary/aromatic N) is 2. The first-order chi connectivity index (χ1) is 14.2. The highest BCUT2D eigenvalue weighted by molar-refractivity contribution is 7.92. The molecule has 1 heterocycles. The van der Waals surface area contributed by atoms with Crippen LogP contribution in [0.4, 0.5) is 17.1 Å². The molecule has 10 heteroatoms. The van der Waals surface area contributed by atoms with Crippen LogP contribution in [0.3, 0.4) is 0 Å². The van der Waals surface area contributed by atoms with Crippen LogP contribution in [0.15, 0.2) is 69.2 Å². The topological polar surface area (TPSA) is 127 Å². The van der Waals surface area contributed by atoms with E-state index in [1.165, 1.54) is 18.4 Å². The highest BCUT2D eigenvalue weighted by atomic mass is 32.2. The van der Waals surface area contributed by atoms with Crippen molar-refractivity contribution in [2.45, 2.75) is 25.7 Å². The van der Waals surface area contributed by atoms with E-state index in [1.807, 2.05) is 13.0 Å². The number of anilines is 2. The zero-order valence-electron chi connectivity index (χ0n) is 16.5. The molecule has 0 bridgehead atoms. The fourth-order valence-corrected chi connectivity index (χ4v) is 4.06. The molecule has 0 saturated heterocycles. The molecule has 0 fully saturated rings. The van der Waals surface area contributed by atoms with E-state index >= 15 is 0 Å². The summed E-state index contributed by atoms with van der Waals surface area (Å²) < 4.78 is 33.9. The van der Waals surface area contributed by atoms with E-state index in [0.717, 1.165) is 17.2 Å². The number of hydrazone groups is 1. The first kappa shape index (κ1) is 21.1. The molecule has 0 unspecified atom stereocenters. The molecular formula is C20H20N4O5S. The van der Waals surface area contributed by atoms with Gasteiger partial charge in [-0.2, -0.15) is 5.10 Å². The van der Waals surface area contributed by atoms with Gasteiger partial charge in [-0.05, 0) is 50.6 Å². The van der Waals surface area contributed by atoms with Crippen molar-refractivity contribution < 1.29 is 17.8 Å². The third kappa shape index (κ3) is 4.66. The van der Waals surface area contributed by atoms with Gasteiger partial charge in [0.1, 0.15) is 16.4 Å². The number of non-ortho nitro benzene ring substituents is 1. The molecule has 3 rings (SSSR count). The minimum absolute atomic E-state index is 0.0868. The van der Waals surface area contributed by atoms with Gasteiger partial charge >= 0.3 is 0 Å². The van der Waals surface area contributed by atoms with Crippen molar-refractivity contribution in [2.75, 3.05) is 10.1 Å². The second kappa shape index (κ2) is 8.37. The maximum atomic E-state index is 13.1. The summed E-state index contributed by atoms with van der Waals surface area (Å²) in [6.07, 6.45) is 1.49. The van der Waals surface area contributed by atoms with Crippen LogP contribution in [-0.4, -0.2) is 19.1 Å². The van der Waals surface area contributed by atoms with Crippen LogP contribution < -0.4 is 10.1 Å². The van der Waals surface area contributed by atoms with Gasteiger partial charge in [-0.1, -0.05) is 17.7 Å². The number of hydrogen-bond acceptors (Lipinski definition) is 7. The summed E-state index contributed by atoms with van der Waals surface area (Å²) in [5, 5.41) is 15.3. The van der Waals surface area contributed by atoms with Gasteiger partial charge in [-0.3, -0.25) is 20.3 Å². The Morgan fingerprint density at radius 1 is 1.10 bits per heavy atom. The fourth-order valence-electron chi connectivity index (χ4n) is 2.75. The lowest BCUT2D eigenvalue weighted by Gasteiger charge is -2.14. The quantitative estimate of drug-likeness (QED) is 0.325. The molecule has 3 aromatic rings. The van der Waals surface area contributed by atoms with Crippen LogP contribution in [0.1, 0.15) is 23.8 Å². The molecule has 0 radical (unpaired) electrons. The van der Waals surface area contributed by atoms with Crippen LogP contribution in [-0.2, 0) is 10.0 Å². The Labute approximate surface area is 173 Å². The number of nitro groups is 1. The number of benzene rings is 2. The molecule has 0 aliphatic carbocycles. The number of rotatable bonds is 7. The average molecular weight is 428 g/mol. The summed E-state index contributed by atoms with van der Waals surface area (Å²) in [5.41, 5.74) is 4.97. The van der Waals surface area contributed by atoms with Crippen molar-refractivity contribution in [1.29, 1.82) is 0 Å². The highest BCUT2D eigenvalue weighted by Crippen LogP contribution is 2.29. The summed E-state index contributed by atoms with van der Waals surface area (Å²) in [5.74, 6) is 0.502. The van der Waals surface area contributed by atoms with Crippen molar-refractivity contribution in [1.82, 2.24) is 0 Å². The van der Waals surface area contributed by atoms with Gasteiger partial charge in [0.15, 0.2) is 0 Å². The lowest BCUT2D eigenvalue weighted by Crippen LogP contribution is -2.16. The first-order valence-corrected chi connectivity index (χ1v) is 10.4. The highest BCUT2D eigenvalue weighted by Gasteiger charge is 2.23. The smallest absolute Gasteiger partial charge is 0.270 e. The Morgan fingerprint density at radius 2 is 1.83 bits per heavy atom. The minimum Gasteiger partial charge on any atom is -0.463 e. The van der Waals surface area contributed by atoms with Crippen LogP contribution in [0, 0.1) is 24.0 Å². The number of furan rings is 1. The molecule has 0 aliphatic heterocycles. The van der Waals surface area contributed by atoms with E-state index in [-0.39, 0.29) is 16.3 Å². The molecule has 0 spiro atoms. The van der Waals surface area contributed by atoms with Crippen molar-refractivity contribution in [3.8, 4) is 0 Å². The number of aryl methyl sites for hydroxylation is 2. The molecule has 2 aromatic carbocycles. The standard InChI is InChI=1S/C20H20N4O5S/c1-13-6-8-17(14(2)11-13)23-30(27,28)20-12-16(24(25)26)7-9-18(20)22-21-15(3)19-5-4-10-29-19/h4-12,22-23H,1-3H3. The van der Waals surface area contributed by atoms with Gasteiger partial charge in [-0.25, -0.2) is 8.42 Å². The summed E-state index contributed by atoms with van der Waals surface area (Å²) in [4.78, 5) is 10.2. The molecule has 0 aliphatic rings. The summed E-state index contributed by atoms with van der Waals surface area (Å²) in [6, 6.07) is 12.2. The number of nitro benzene ring substituents is 1. The molecule has 0 amide bonds. The minimum atomic E-state index is -4.15. The van der Waals surface area contributed by atoms with Crippen molar-refractivity contribution in [2.24, 2.45) is 5.10 Å². The zero-order valence-corrected chi connectivity index (χ0v) is 17.4. The zero-order chi connectivity index (χ0) is 21.9. The average Bonchev–Trinajstić information content (AvgIpc) is 3.23. The molecule has 156 valence electrons. The second-order valence-electron chi connectivity index (χ2n) is 6.65. The molecule has 1 aromatic heterocycles. The maximum Gasteiger partial charge on any atom is 0.270 e. The van der Waals surface area contributed by atoms with Crippen molar-refractivity contribution in [3.63, 3.8) is 0 Å². The molecule has 30 heavy (non-hydrogen) atoms. The molecule has 2 N–H and O–H groups in total. The van der Waals surface area contributed by atoms with E-state index in [2.05, 4.69) is 15.2 Å². The van der Waals surface area contributed by atoms with Crippen LogP contribution >= 0.6 is 0 Å². The molecular weight excluding hydrogens is 408 g/mol. The van der Waals surface area contributed by atoms with Crippen LogP contribution in [0.25, 0.3) is 0 Å². The predicted molar refractivity (Wildman–Crippen MR) is 114 cm³/mol. The Kier molecular flexibility index (Phi) is 5.88. The van der Waals surface area contributed by atoms with Crippen LogP contribution in [0.5, 0.6) is 0 Å². The third-order valence-corrected chi connectivity index (χ3v) is 5.72.